The number of amides is 1. The highest BCUT2D eigenvalue weighted by molar-refractivity contribution is 5.67. The first-order valence-corrected chi connectivity index (χ1v) is 7.92. The molecule has 0 aromatic carbocycles. The largest absolute Gasteiger partial charge is 0.476 e. The van der Waals surface area contributed by atoms with E-state index in [1.165, 1.54) is 0 Å². The summed E-state index contributed by atoms with van der Waals surface area (Å²) in [6.07, 6.45) is 1.24. The summed E-state index contributed by atoms with van der Waals surface area (Å²) in [5.74, 6) is 1.14. The number of aromatic nitrogens is 1. The molecular weight excluding hydrogens is 296 g/mol. The van der Waals surface area contributed by atoms with Gasteiger partial charge in [0.2, 0.25) is 5.88 Å². The van der Waals surface area contributed by atoms with Crippen molar-refractivity contribution >= 4 is 17.6 Å². The molecule has 0 radical (unpaired) electrons. The molecule has 1 amide bonds. The van der Waals surface area contributed by atoms with E-state index in [4.69, 9.17) is 15.2 Å². The van der Waals surface area contributed by atoms with Crippen molar-refractivity contribution in [1.29, 1.82) is 0 Å². The number of alkyl carbamates (subject to hydrolysis) is 1. The van der Waals surface area contributed by atoms with E-state index in [0.717, 1.165) is 12.8 Å². The van der Waals surface area contributed by atoms with Gasteiger partial charge in [-0.25, -0.2) is 4.79 Å². The fraction of sp³-hybridized carbons (Fsp3) is 0.625. The van der Waals surface area contributed by atoms with Gasteiger partial charge in [0.05, 0.1) is 12.3 Å². The van der Waals surface area contributed by atoms with Crippen molar-refractivity contribution in [2.75, 3.05) is 30.7 Å². The third-order valence-electron chi connectivity index (χ3n) is 2.66. The summed E-state index contributed by atoms with van der Waals surface area (Å²) >= 11 is 0. The van der Waals surface area contributed by atoms with Crippen LogP contribution in [0.25, 0.3) is 0 Å². The van der Waals surface area contributed by atoms with Crippen molar-refractivity contribution in [3.8, 4) is 5.88 Å². The van der Waals surface area contributed by atoms with Crippen LogP contribution in [0.3, 0.4) is 0 Å². The number of carbonyl (C=O) groups excluding carboxylic acids is 1. The summed E-state index contributed by atoms with van der Waals surface area (Å²) in [4.78, 5) is 15.8. The van der Waals surface area contributed by atoms with Crippen LogP contribution < -0.4 is 21.1 Å². The summed E-state index contributed by atoms with van der Waals surface area (Å²) in [6.45, 7) is 9.30. The lowest BCUT2D eigenvalue weighted by atomic mass is 10.2. The van der Waals surface area contributed by atoms with Gasteiger partial charge in [0, 0.05) is 13.1 Å². The highest BCUT2D eigenvalue weighted by Crippen LogP contribution is 2.20. The standard InChI is InChI=1S/C16H28N4O3/c1-5-11-22-14-12(17)7-8-13(20-14)18-9-6-10-19-15(21)23-16(2,3)4/h7-8H,5-6,9-11,17H2,1-4H3,(H,18,20)(H,19,21). The Morgan fingerprint density at radius 3 is 2.70 bits per heavy atom. The number of carbonyl (C=O) groups is 1. The molecule has 7 nitrogen and oxygen atoms in total. The molecule has 4 N–H and O–H groups in total. The number of nitrogens with one attached hydrogen (secondary N) is 2. The van der Waals surface area contributed by atoms with Crippen molar-refractivity contribution in [3.63, 3.8) is 0 Å². The van der Waals surface area contributed by atoms with Gasteiger partial charge in [-0.15, -0.1) is 0 Å². The molecule has 0 atom stereocenters. The molecule has 23 heavy (non-hydrogen) atoms. The molecule has 0 aliphatic heterocycles. The Morgan fingerprint density at radius 1 is 1.30 bits per heavy atom. The van der Waals surface area contributed by atoms with Crippen LogP contribution in [-0.2, 0) is 4.74 Å². The van der Waals surface area contributed by atoms with Crippen molar-refractivity contribution < 1.29 is 14.3 Å². The zero-order chi connectivity index (χ0) is 17.3. The number of rotatable bonds is 8. The highest BCUT2D eigenvalue weighted by atomic mass is 16.6. The molecule has 7 heteroatoms. The van der Waals surface area contributed by atoms with Crippen molar-refractivity contribution in [2.45, 2.75) is 46.1 Å². The zero-order valence-corrected chi connectivity index (χ0v) is 14.4. The Labute approximate surface area is 137 Å². The van der Waals surface area contributed by atoms with E-state index >= 15 is 0 Å². The Kier molecular flexibility index (Phi) is 7.44. The fourth-order valence-corrected chi connectivity index (χ4v) is 1.67. The van der Waals surface area contributed by atoms with E-state index in [9.17, 15) is 4.79 Å². The van der Waals surface area contributed by atoms with Gasteiger partial charge in [0.15, 0.2) is 0 Å². The molecule has 0 fully saturated rings. The number of pyridine rings is 1. The lowest BCUT2D eigenvalue weighted by Gasteiger charge is -2.19. The third kappa shape index (κ3) is 8.13. The van der Waals surface area contributed by atoms with Gasteiger partial charge in [-0.2, -0.15) is 4.98 Å². The molecule has 0 unspecified atom stereocenters. The number of nitrogen functional groups attached to an aromatic ring is 1. The van der Waals surface area contributed by atoms with Crippen LogP contribution in [0.4, 0.5) is 16.3 Å². The second kappa shape index (κ2) is 9.07. The van der Waals surface area contributed by atoms with Crippen LogP contribution >= 0.6 is 0 Å². The monoisotopic (exact) mass is 324 g/mol. The maximum atomic E-state index is 11.5. The number of hydrogen-bond donors (Lipinski definition) is 3. The molecule has 0 saturated carbocycles. The summed E-state index contributed by atoms with van der Waals surface area (Å²) in [6, 6.07) is 3.56. The third-order valence-corrected chi connectivity index (χ3v) is 2.66. The average molecular weight is 324 g/mol. The van der Waals surface area contributed by atoms with Gasteiger partial charge in [-0.1, -0.05) is 6.92 Å². The maximum absolute atomic E-state index is 11.5. The number of nitrogens with zero attached hydrogens (tertiary/aromatic N) is 1. The number of nitrogens with two attached hydrogens (primary N) is 1. The van der Waals surface area contributed by atoms with E-state index < -0.39 is 11.7 Å². The highest BCUT2D eigenvalue weighted by Gasteiger charge is 2.15. The average Bonchev–Trinajstić information content (AvgIpc) is 2.45. The van der Waals surface area contributed by atoms with Gasteiger partial charge in [-0.3, -0.25) is 0 Å². The first kappa shape index (κ1) is 18.9. The predicted molar refractivity (Wildman–Crippen MR) is 91.8 cm³/mol. The SMILES string of the molecule is CCCOc1nc(NCCCNC(=O)OC(C)(C)C)ccc1N. The summed E-state index contributed by atoms with van der Waals surface area (Å²) in [5.41, 5.74) is 5.86. The smallest absolute Gasteiger partial charge is 0.407 e. The van der Waals surface area contributed by atoms with Gasteiger partial charge in [0.1, 0.15) is 11.4 Å². The van der Waals surface area contributed by atoms with Crippen LogP contribution in [0, 0.1) is 0 Å². The molecule has 0 bridgehead atoms. The minimum absolute atomic E-state index is 0.404. The van der Waals surface area contributed by atoms with Gasteiger partial charge in [0.25, 0.3) is 0 Å². The number of anilines is 2. The Hall–Kier alpha value is -2.18. The first-order valence-electron chi connectivity index (χ1n) is 7.92. The number of ether oxygens (including phenoxy) is 2. The van der Waals surface area contributed by atoms with Crippen molar-refractivity contribution in [1.82, 2.24) is 10.3 Å². The lowest BCUT2D eigenvalue weighted by molar-refractivity contribution is 0.0528. The van der Waals surface area contributed by atoms with Gasteiger partial charge in [-0.05, 0) is 45.7 Å². The van der Waals surface area contributed by atoms with Crippen molar-refractivity contribution in [2.24, 2.45) is 0 Å². The maximum Gasteiger partial charge on any atom is 0.407 e. The van der Waals surface area contributed by atoms with Crippen LogP contribution in [-0.4, -0.2) is 36.4 Å². The van der Waals surface area contributed by atoms with Crippen molar-refractivity contribution in [3.05, 3.63) is 12.1 Å². The minimum atomic E-state index is -0.481. The molecule has 130 valence electrons. The molecule has 1 aromatic rings. The van der Waals surface area contributed by atoms with E-state index in [-0.39, 0.29) is 0 Å². The lowest BCUT2D eigenvalue weighted by Crippen LogP contribution is -2.33. The van der Waals surface area contributed by atoms with E-state index in [1.807, 2.05) is 27.7 Å². The predicted octanol–water partition coefficient (Wildman–Crippen LogP) is 2.78. The summed E-state index contributed by atoms with van der Waals surface area (Å²) in [7, 11) is 0. The second-order valence-corrected chi connectivity index (χ2v) is 6.15. The van der Waals surface area contributed by atoms with E-state index in [2.05, 4.69) is 15.6 Å². The summed E-state index contributed by atoms with van der Waals surface area (Å²) < 4.78 is 10.6. The topological polar surface area (TPSA) is 98.5 Å². The molecule has 0 spiro atoms. The molecule has 0 aliphatic carbocycles. The normalized spacial score (nSPS) is 11.0. The quantitative estimate of drug-likeness (QED) is 0.636. The summed E-state index contributed by atoms with van der Waals surface area (Å²) in [5, 5.41) is 5.88. The molecule has 1 rings (SSSR count). The molecule has 1 aromatic heterocycles. The minimum Gasteiger partial charge on any atom is -0.476 e. The zero-order valence-electron chi connectivity index (χ0n) is 14.4. The van der Waals surface area contributed by atoms with Crippen LogP contribution in [0.1, 0.15) is 40.5 Å². The first-order chi connectivity index (χ1) is 10.8. The molecule has 0 saturated heterocycles. The van der Waals surface area contributed by atoms with E-state index in [1.54, 1.807) is 12.1 Å². The Morgan fingerprint density at radius 2 is 2.04 bits per heavy atom. The second-order valence-electron chi connectivity index (χ2n) is 6.15. The Balaban J connectivity index is 2.29. The molecule has 1 heterocycles. The molecular formula is C16H28N4O3. The number of hydrogen-bond acceptors (Lipinski definition) is 6. The van der Waals surface area contributed by atoms with Gasteiger partial charge >= 0.3 is 6.09 Å². The fourth-order valence-electron chi connectivity index (χ4n) is 1.67. The van der Waals surface area contributed by atoms with Crippen LogP contribution in [0.5, 0.6) is 5.88 Å². The van der Waals surface area contributed by atoms with Gasteiger partial charge < -0.3 is 25.8 Å². The Bertz CT molecular complexity index is 501. The molecule has 0 aliphatic rings. The van der Waals surface area contributed by atoms with Crippen LogP contribution in [0.15, 0.2) is 12.1 Å². The van der Waals surface area contributed by atoms with Crippen LogP contribution in [0.2, 0.25) is 0 Å². The van der Waals surface area contributed by atoms with E-state index in [0.29, 0.717) is 37.1 Å².